The number of aliphatic imine (C=N–C) groups is 1. The summed E-state index contributed by atoms with van der Waals surface area (Å²) in [5.41, 5.74) is 0. The van der Waals surface area contributed by atoms with Crippen LogP contribution in [0.3, 0.4) is 0 Å². The Labute approximate surface area is 125 Å². The van der Waals surface area contributed by atoms with Gasteiger partial charge in [0.15, 0.2) is 5.96 Å². The minimum Gasteiger partial charge on any atom is -0.374 e. The fourth-order valence-corrected chi connectivity index (χ4v) is 4.13. The van der Waals surface area contributed by atoms with E-state index in [0.29, 0.717) is 36.6 Å². The minimum atomic E-state index is 0.0708. The maximum Gasteiger partial charge on any atom is 0.239 e. The van der Waals surface area contributed by atoms with Crippen molar-refractivity contribution in [2.24, 2.45) is 16.8 Å². The van der Waals surface area contributed by atoms with E-state index >= 15 is 0 Å². The molecule has 3 heterocycles. The van der Waals surface area contributed by atoms with Gasteiger partial charge in [-0.2, -0.15) is 0 Å². The molecule has 6 heteroatoms. The SMILES string of the molecule is CN=C(NCC(=O)NC1CC1)N1CC2C3CCC(O3)C2C1. The molecule has 2 bridgehead atoms. The highest BCUT2D eigenvalue weighted by molar-refractivity contribution is 5.86. The molecule has 2 N–H and O–H groups in total. The number of hydrogen-bond acceptors (Lipinski definition) is 3. The average molecular weight is 292 g/mol. The molecule has 4 aliphatic rings. The van der Waals surface area contributed by atoms with E-state index in [4.69, 9.17) is 4.74 Å². The summed E-state index contributed by atoms with van der Waals surface area (Å²) < 4.78 is 6.00. The van der Waals surface area contributed by atoms with Gasteiger partial charge in [-0.05, 0) is 25.7 Å². The zero-order valence-corrected chi connectivity index (χ0v) is 12.5. The number of carbonyl (C=O) groups is 1. The van der Waals surface area contributed by atoms with Gasteiger partial charge in [0.25, 0.3) is 0 Å². The molecule has 116 valence electrons. The predicted octanol–water partition coefficient (Wildman–Crippen LogP) is -0.0504. The quantitative estimate of drug-likeness (QED) is 0.565. The smallest absolute Gasteiger partial charge is 0.239 e. The Morgan fingerprint density at radius 2 is 1.86 bits per heavy atom. The summed E-state index contributed by atoms with van der Waals surface area (Å²) in [6.45, 7) is 2.34. The molecule has 21 heavy (non-hydrogen) atoms. The van der Waals surface area contributed by atoms with Crippen LogP contribution in [-0.4, -0.2) is 61.7 Å². The molecule has 0 aromatic rings. The van der Waals surface area contributed by atoms with Crippen molar-refractivity contribution < 1.29 is 9.53 Å². The molecule has 3 aliphatic heterocycles. The van der Waals surface area contributed by atoms with Crippen LogP contribution >= 0.6 is 0 Å². The summed E-state index contributed by atoms with van der Waals surface area (Å²) in [5, 5.41) is 6.20. The van der Waals surface area contributed by atoms with Crippen molar-refractivity contribution in [1.29, 1.82) is 0 Å². The minimum absolute atomic E-state index is 0.0708. The second-order valence-electron chi connectivity index (χ2n) is 6.77. The Morgan fingerprint density at radius 1 is 1.19 bits per heavy atom. The Hall–Kier alpha value is -1.30. The van der Waals surface area contributed by atoms with Crippen molar-refractivity contribution in [2.75, 3.05) is 26.7 Å². The highest BCUT2D eigenvalue weighted by Gasteiger charge is 2.53. The second-order valence-corrected chi connectivity index (χ2v) is 6.77. The van der Waals surface area contributed by atoms with E-state index in [-0.39, 0.29) is 5.91 Å². The first-order chi connectivity index (χ1) is 10.2. The van der Waals surface area contributed by atoms with Crippen molar-refractivity contribution in [3.63, 3.8) is 0 Å². The highest BCUT2D eigenvalue weighted by atomic mass is 16.5. The van der Waals surface area contributed by atoms with Gasteiger partial charge in [-0.3, -0.25) is 9.79 Å². The van der Waals surface area contributed by atoms with Crippen LogP contribution in [0.5, 0.6) is 0 Å². The largest absolute Gasteiger partial charge is 0.374 e. The van der Waals surface area contributed by atoms with Crippen LogP contribution < -0.4 is 10.6 Å². The number of rotatable bonds is 3. The number of carbonyl (C=O) groups excluding carboxylic acids is 1. The van der Waals surface area contributed by atoms with E-state index < -0.39 is 0 Å². The summed E-state index contributed by atoms with van der Waals surface area (Å²) in [7, 11) is 1.79. The Balaban J connectivity index is 1.31. The number of nitrogens with one attached hydrogen (secondary N) is 2. The van der Waals surface area contributed by atoms with Gasteiger partial charge < -0.3 is 20.3 Å². The first-order valence-corrected chi connectivity index (χ1v) is 8.15. The van der Waals surface area contributed by atoms with E-state index in [1.807, 2.05) is 0 Å². The molecule has 3 saturated heterocycles. The van der Waals surface area contributed by atoms with Crippen molar-refractivity contribution in [3.8, 4) is 0 Å². The summed E-state index contributed by atoms with van der Waals surface area (Å²) in [6.07, 6.45) is 5.60. The van der Waals surface area contributed by atoms with Crippen molar-refractivity contribution >= 4 is 11.9 Å². The maximum absolute atomic E-state index is 11.8. The van der Waals surface area contributed by atoms with E-state index in [9.17, 15) is 4.79 Å². The van der Waals surface area contributed by atoms with Crippen LogP contribution in [0.1, 0.15) is 25.7 Å². The van der Waals surface area contributed by atoms with Gasteiger partial charge in [0.2, 0.25) is 5.91 Å². The fourth-order valence-electron chi connectivity index (χ4n) is 4.13. The van der Waals surface area contributed by atoms with Crippen molar-refractivity contribution in [3.05, 3.63) is 0 Å². The van der Waals surface area contributed by atoms with Gasteiger partial charge >= 0.3 is 0 Å². The molecule has 0 aromatic carbocycles. The lowest BCUT2D eigenvalue weighted by molar-refractivity contribution is -0.120. The summed E-state index contributed by atoms with van der Waals surface area (Å²) in [6, 6.07) is 0.417. The van der Waals surface area contributed by atoms with Crippen LogP contribution in [0.4, 0.5) is 0 Å². The van der Waals surface area contributed by atoms with Gasteiger partial charge in [-0.15, -0.1) is 0 Å². The van der Waals surface area contributed by atoms with E-state index in [1.165, 1.54) is 12.8 Å². The van der Waals surface area contributed by atoms with Crippen LogP contribution in [0.15, 0.2) is 4.99 Å². The Bertz CT molecular complexity index is 445. The second kappa shape index (κ2) is 5.16. The first kappa shape index (κ1) is 13.4. The number of fused-ring (bicyclic) bond motifs is 5. The Kier molecular flexibility index (Phi) is 3.28. The number of nitrogens with zero attached hydrogens (tertiary/aromatic N) is 2. The predicted molar refractivity (Wildman–Crippen MR) is 79.0 cm³/mol. The molecule has 4 atom stereocenters. The van der Waals surface area contributed by atoms with Gasteiger partial charge in [-0.25, -0.2) is 0 Å². The van der Waals surface area contributed by atoms with E-state index in [2.05, 4.69) is 20.5 Å². The molecule has 1 saturated carbocycles. The zero-order valence-electron chi connectivity index (χ0n) is 12.5. The molecule has 4 fully saturated rings. The first-order valence-electron chi connectivity index (χ1n) is 8.15. The number of hydrogen-bond donors (Lipinski definition) is 2. The number of likely N-dealkylation sites (tertiary alicyclic amines) is 1. The number of amides is 1. The summed E-state index contributed by atoms with van der Waals surface area (Å²) in [4.78, 5) is 18.4. The lowest BCUT2D eigenvalue weighted by atomic mass is 9.82. The van der Waals surface area contributed by atoms with Gasteiger partial charge in [0.1, 0.15) is 0 Å². The maximum atomic E-state index is 11.8. The third-order valence-electron chi connectivity index (χ3n) is 5.31. The number of ether oxygens (including phenoxy) is 1. The number of guanidine groups is 1. The third kappa shape index (κ3) is 2.50. The lowest BCUT2D eigenvalue weighted by Crippen LogP contribution is -2.45. The van der Waals surface area contributed by atoms with Crippen molar-refractivity contribution in [2.45, 2.75) is 43.9 Å². The van der Waals surface area contributed by atoms with E-state index in [1.54, 1.807) is 7.05 Å². The molecule has 4 rings (SSSR count). The molecule has 1 aliphatic carbocycles. The van der Waals surface area contributed by atoms with Crippen LogP contribution in [-0.2, 0) is 9.53 Å². The van der Waals surface area contributed by atoms with Crippen LogP contribution in [0, 0.1) is 11.8 Å². The monoisotopic (exact) mass is 292 g/mol. The molecule has 6 nitrogen and oxygen atoms in total. The molecular formula is C15H24N4O2. The standard InChI is InChI=1S/C15H24N4O2/c1-16-15(17-6-14(20)18-9-2-3-9)19-7-10-11(8-19)13-5-4-12(10)21-13/h9-13H,2-8H2,1H3,(H,16,17)(H,18,20). The molecule has 1 amide bonds. The average Bonchev–Trinajstić information content (AvgIpc) is 2.92. The van der Waals surface area contributed by atoms with Crippen LogP contribution in [0.2, 0.25) is 0 Å². The van der Waals surface area contributed by atoms with Gasteiger partial charge in [-0.1, -0.05) is 0 Å². The highest BCUT2D eigenvalue weighted by Crippen LogP contribution is 2.47. The van der Waals surface area contributed by atoms with Crippen LogP contribution in [0.25, 0.3) is 0 Å². The zero-order chi connectivity index (χ0) is 14.4. The summed E-state index contributed by atoms with van der Waals surface area (Å²) >= 11 is 0. The third-order valence-corrected chi connectivity index (χ3v) is 5.31. The van der Waals surface area contributed by atoms with E-state index in [0.717, 1.165) is 31.9 Å². The molecule has 0 aromatic heterocycles. The Morgan fingerprint density at radius 3 is 2.43 bits per heavy atom. The summed E-state index contributed by atoms with van der Waals surface area (Å²) in [5.74, 6) is 2.24. The molecule has 0 radical (unpaired) electrons. The topological polar surface area (TPSA) is 66.0 Å². The van der Waals surface area contributed by atoms with Gasteiger partial charge in [0.05, 0.1) is 18.8 Å². The molecule has 0 spiro atoms. The van der Waals surface area contributed by atoms with Crippen molar-refractivity contribution in [1.82, 2.24) is 15.5 Å². The molecular weight excluding hydrogens is 268 g/mol. The normalized spacial score (nSPS) is 37.8. The lowest BCUT2D eigenvalue weighted by Gasteiger charge is -2.23. The van der Waals surface area contributed by atoms with Gasteiger partial charge in [0, 0.05) is 38.0 Å². The fraction of sp³-hybridized carbons (Fsp3) is 0.867. The molecule has 4 unspecified atom stereocenters.